The number of H-pyrrole nitrogens is 1. The molecule has 1 amide bonds. The molecule has 2 fully saturated rings. The summed E-state index contributed by atoms with van der Waals surface area (Å²) < 4.78 is 6.25. The Hall–Kier alpha value is -3.66. The van der Waals surface area contributed by atoms with Gasteiger partial charge in [0.25, 0.3) is 0 Å². The zero-order valence-electron chi connectivity index (χ0n) is 22.3. The molecule has 3 aromatic rings. The van der Waals surface area contributed by atoms with Gasteiger partial charge in [-0.15, -0.1) is 0 Å². The summed E-state index contributed by atoms with van der Waals surface area (Å²) in [6.45, 7) is 12.8. The highest BCUT2D eigenvalue weighted by molar-refractivity contribution is 5.90. The average Bonchev–Trinajstić information content (AvgIpc) is 3.59. The van der Waals surface area contributed by atoms with E-state index in [4.69, 9.17) is 14.7 Å². The van der Waals surface area contributed by atoms with Crippen LogP contribution in [-0.2, 0) is 17.8 Å². The van der Waals surface area contributed by atoms with Gasteiger partial charge in [-0.05, 0) is 51.1 Å². The molecule has 0 radical (unpaired) electrons. The molecule has 3 aliphatic rings. The summed E-state index contributed by atoms with van der Waals surface area (Å²) in [5.41, 5.74) is 6.58. The molecule has 6 rings (SSSR count). The van der Waals surface area contributed by atoms with Crippen molar-refractivity contribution in [1.82, 2.24) is 29.7 Å². The standard InChI is InChI=1S/C28H36N8O2/c1-4-24(37)34-11-13-35(14-12-34)27-21-8-10-36(26-19(2)5-6-22-25(26)30-18-29-22)16-23(21)31-28(32-27)38-17-20-7-9-33(3)15-20/h4-6,18,20H,1,7-17H2,2-3H3,(H,29,30). The van der Waals surface area contributed by atoms with Crippen molar-refractivity contribution < 1.29 is 9.53 Å². The molecule has 10 nitrogen and oxygen atoms in total. The number of amides is 1. The second-order valence-electron chi connectivity index (χ2n) is 10.7. The molecule has 5 heterocycles. The number of aromatic amines is 1. The van der Waals surface area contributed by atoms with E-state index >= 15 is 0 Å². The Balaban J connectivity index is 1.30. The fourth-order valence-electron chi connectivity index (χ4n) is 6.02. The summed E-state index contributed by atoms with van der Waals surface area (Å²) in [5, 5.41) is 0. The number of aryl methyl sites for hydroxylation is 1. The van der Waals surface area contributed by atoms with E-state index in [1.807, 2.05) is 4.90 Å². The molecule has 2 aromatic heterocycles. The first kappa shape index (κ1) is 24.7. The number of carbonyl (C=O) groups excluding carboxylic acids is 1. The third-order valence-electron chi connectivity index (χ3n) is 8.11. The van der Waals surface area contributed by atoms with Crippen molar-refractivity contribution in [2.75, 3.05) is 69.3 Å². The zero-order chi connectivity index (χ0) is 26.2. The predicted octanol–water partition coefficient (Wildman–Crippen LogP) is 2.39. The van der Waals surface area contributed by atoms with Gasteiger partial charge in [0.05, 0.1) is 36.4 Å². The van der Waals surface area contributed by atoms with Gasteiger partial charge in [0.1, 0.15) is 11.3 Å². The number of aromatic nitrogens is 4. The fraction of sp³-hybridized carbons (Fsp3) is 0.500. The number of likely N-dealkylation sites (tertiary alicyclic amines) is 1. The molecular formula is C28H36N8O2. The summed E-state index contributed by atoms with van der Waals surface area (Å²) >= 11 is 0. The van der Waals surface area contributed by atoms with E-state index in [-0.39, 0.29) is 5.91 Å². The number of anilines is 2. The molecule has 1 N–H and O–H groups in total. The molecule has 38 heavy (non-hydrogen) atoms. The smallest absolute Gasteiger partial charge is 0.318 e. The van der Waals surface area contributed by atoms with Crippen LogP contribution in [0.5, 0.6) is 6.01 Å². The Bertz CT molecular complexity index is 1350. The van der Waals surface area contributed by atoms with Gasteiger partial charge in [-0.1, -0.05) is 12.6 Å². The van der Waals surface area contributed by atoms with Crippen LogP contribution in [0.25, 0.3) is 11.0 Å². The molecule has 0 spiro atoms. The lowest BCUT2D eigenvalue weighted by Crippen LogP contribution is -2.49. The van der Waals surface area contributed by atoms with Gasteiger partial charge >= 0.3 is 6.01 Å². The lowest BCUT2D eigenvalue weighted by molar-refractivity contribution is -0.126. The van der Waals surface area contributed by atoms with Crippen molar-refractivity contribution in [2.24, 2.45) is 5.92 Å². The molecule has 3 aliphatic heterocycles. The van der Waals surface area contributed by atoms with Crippen LogP contribution in [-0.4, -0.2) is 95.1 Å². The Kier molecular flexibility index (Phi) is 6.65. The first-order valence-corrected chi connectivity index (χ1v) is 13.5. The number of nitrogens with one attached hydrogen (secondary N) is 1. The highest BCUT2D eigenvalue weighted by atomic mass is 16.5. The number of hydrogen-bond acceptors (Lipinski definition) is 8. The molecule has 0 bridgehead atoms. The summed E-state index contributed by atoms with van der Waals surface area (Å²) in [6, 6.07) is 4.69. The van der Waals surface area contributed by atoms with Crippen LogP contribution in [0, 0.1) is 12.8 Å². The second-order valence-corrected chi connectivity index (χ2v) is 10.7. The number of piperazine rings is 1. The number of rotatable bonds is 6. The molecule has 0 aliphatic carbocycles. The van der Waals surface area contributed by atoms with Gasteiger partial charge < -0.3 is 29.3 Å². The quantitative estimate of drug-likeness (QED) is 0.500. The van der Waals surface area contributed by atoms with Crippen molar-refractivity contribution in [2.45, 2.75) is 26.3 Å². The number of carbonyl (C=O) groups is 1. The molecule has 10 heteroatoms. The highest BCUT2D eigenvalue weighted by Crippen LogP contribution is 2.35. The van der Waals surface area contributed by atoms with Crippen LogP contribution >= 0.6 is 0 Å². The molecule has 2 saturated heterocycles. The van der Waals surface area contributed by atoms with Gasteiger partial charge in [-0.3, -0.25) is 4.79 Å². The Labute approximate surface area is 223 Å². The molecule has 1 atom stereocenters. The third kappa shape index (κ3) is 4.69. The van der Waals surface area contributed by atoms with E-state index in [1.165, 1.54) is 17.2 Å². The van der Waals surface area contributed by atoms with E-state index in [9.17, 15) is 4.79 Å². The maximum Gasteiger partial charge on any atom is 0.318 e. The summed E-state index contributed by atoms with van der Waals surface area (Å²) in [6.07, 6.45) is 5.12. The number of hydrogen-bond donors (Lipinski definition) is 1. The summed E-state index contributed by atoms with van der Waals surface area (Å²) in [4.78, 5) is 38.8. The zero-order valence-corrected chi connectivity index (χ0v) is 22.3. The lowest BCUT2D eigenvalue weighted by Gasteiger charge is -2.38. The van der Waals surface area contributed by atoms with E-state index < -0.39 is 0 Å². The predicted molar refractivity (Wildman–Crippen MR) is 148 cm³/mol. The average molecular weight is 517 g/mol. The van der Waals surface area contributed by atoms with Crippen LogP contribution in [0.2, 0.25) is 0 Å². The van der Waals surface area contributed by atoms with Crippen LogP contribution in [0.4, 0.5) is 11.5 Å². The SMILES string of the molecule is C=CC(=O)N1CCN(c2nc(OCC3CCN(C)C3)nc3c2CCN(c2c(C)ccc4[nH]cnc24)C3)CC1. The normalized spacial score (nSPS) is 20.2. The number of fused-ring (bicyclic) bond motifs is 2. The van der Waals surface area contributed by atoms with Crippen LogP contribution < -0.4 is 14.5 Å². The first-order valence-electron chi connectivity index (χ1n) is 13.5. The first-order chi connectivity index (χ1) is 18.5. The Morgan fingerprint density at radius 2 is 2.00 bits per heavy atom. The van der Waals surface area contributed by atoms with Crippen LogP contribution in [0.3, 0.4) is 0 Å². The Morgan fingerprint density at radius 1 is 1.16 bits per heavy atom. The van der Waals surface area contributed by atoms with Crippen molar-refractivity contribution in [3.05, 3.63) is 47.9 Å². The van der Waals surface area contributed by atoms with E-state index in [0.29, 0.717) is 38.2 Å². The topological polar surface area (TPSA) is 93.7 Å². The van der Waals surface area contributed by atoms with E-state index in [0.717, 1.165) is 73.8 Å². The lowest BCUT2D eigenvalue weighted by atomic mass is 10.0. The molecule has 1 unspecified atom stereocenters. The number of nitrogens with zero attached hydrogens (tertiary/aromatic N) is 7. The minimum atomic E-state index is -0.0153. The van der Waals surface area contributed by atoms with Gasteiger partial charge in [0.2, 0.25) is 5.91 Å². The van der Waals surface area contributed by atoms with Gasteiger partial charge in [0, 0.05) is 50.7 Å². The maximum atomic E-state index is 12.1. The van der Waals surface area contributed by atoms with Gasteiger partial charge in [0.15, 0.2) is 0 Å². The maximum absolute atomic E-state index is 12.1. The molecular weight excluding hydrogens is 480 g/mol. The molecule has 0 saturated carbocycles. The fourth-order valence-corrected chi connectivity index (χ4v) is 6.02. The summed E-state index contributed by atoms with van der Waals surface area (Å²) in [7, 11) is 2.15. The summed E-state index contributed by atoms with van der Waals surface area (Å²) in [5.74, 6) is 1.43. The minimum absolute atomic E-state index is 0.0153. The van der Waals surface area contributed by atoms with Gasteiger partial charge in [-0.25, -0.2) is 4.98 Å². The second kappa shape index (κ2) is 10.2. The number of benzene rings is 1. The monoisotopic (exact) mass is 516 g/mol. The molecule has 200 valence electrons. The minimum Gasteiger partial charge on any atom is -0.463 e. The van der Waals surface area contributed by atoms with Gasteiger partial charge in [-0.2, -0.15) is 9.97 Å². The van der Waals surface area contributed by atoms with E-state index in [2.05, 4.69) is 57.4 Å². The van der Waals surface area contributed by atoms with Crippen molar-refractivity contribution in [3.63, 3.8) is 0 Å². The number of imidazole rings is 1. The van der Waals surface area contributed by atoms with Crippen LogP contribution in [0.1, 0.15) is 23.2 Å². The van der Waals surface area contributed by atoms with Crippen molar-refractivity contribution >= 4 is 28.4 Å². The third-order valence-corrected chi connectivity index (χ3v) is 8.11. The highest BCUT2D eigenvalue weighted by Gasteiger charge is 2.30. The van der Waals surface area contributed by atoms with Crippen LogP contribution in [0.15, 0.2) is 31.1 Å². The molecule has 1 aromatic carbocycles. The van der Waals surface area contributed by atoms with Crippen molar-refractivity contribution in [1.29, 1.82) is 0 Å². The van der Waals surface area contributed by atoms with Crippen molar-refractivity contribution in [3.8, 4) is 6.01 Å². The van der Waals surface area contributed by atoms with E-state index in [1.54, 1.807) is 6.33 Å². The number of ether oxygens (including phenoxy) is 1. The Morgan fingerprint density at radius 3 is 2.76 bits per heavy atom. The largest absolute Gasteiger partial charge is 0.463 e.